The lowest BCUT2D eigenvalue weighted by Gasteiger charge is -2.10. The Morgan fingerprint density at radius 1 is 1.26 bits per heavy atom. The third-order valence-electron chi connectivity index (χ3n) is 2.94. The van der Waals surface area contributed by atoms with E-state index in [1.54, 1.807) is 6.26 Å². The van der Waals surface area contributed by atoms with Gasteiger partial charge in [0, 0.05) is 47.9 Å². The molecule has 0 amide bonds. The number of hydrogen-bond acceptors (Lipinski definition) is 5. The standard InChI is InChI=1S/C13H22N4OS/c1-3-6-14-11-9-12(15-7-8-19(2)18)17-13(16-11)10-4-5-10/h9-10H,3-8H2,1-2H3,(H2,14,15,16,17). The van der Waals surface area contributed by atoms with Crippen LogP contribution in [-0.2, 0) is 10.8 Å². The maximum Gasteiger partial charge on any atom is 0.136 e. The summed E-state index contributed by atoms with van der Waals surface area (Å²) in [5.74, 6) is 3.82. The summed E-state index contributed by atoms with van der Waals surface area (Å²) in [6, 6.07) is 1.93. The second kappa shape index (κ2) is 6.84. The first-order chi connectivity index (χ1) is 9.19. The molecule has 1 unspecified atom stereocenters. The molecule has 2 N–H and O–H groups in total. The highest BCUT2D eigenvalue weighted by molar-refractivity contribution is 7.84. The molecule has 0 saturated heterocycles. The highest BCUT2D eigenvalue weighted by Crippen LogP contribution is 2.38. The first kappa shape index (κ1) is 14.2. The summed E-state index contributed by atoms with van der Waals surface area (Å²) in [5, 5.41) is 6.54. The van der Waals surface area contributed by atoms with Gasteiger partial charge in [0.05, 0.1) is 0 Å². The van der Waals surface area contributed by atoms with Gasteiger partial charge >= 0.3 is 0 Å². The maximum absolute atomic E-state index is 11.1. The van der Waals surface area contributed by atoms with Crippen LogP contribution in [0.5, 0.6) is 0 Å². The summed E-state index contributed by atoms with van der Waals surface area (Å²) in [7, 11) is -0.773. The fourth-order valence-electron chi connectivity index (χ4n) is 1.75. The van der Waals surface area contributed by atoms with Crippen LogP contribution in [-0.4, -0.2) is 39.3 Å². The molecule has 1 aromatic heterocycles. The average molecular weight is 282 g/mol. The zero-order valence-electron chi connectivity index (χ0n) is 11.6. The molecule has 1 heterocycles. The average Bonchev–Trinajstić information content (AvgIpc) is 3.20. The number of aromatic nitrogens is 2. The van der Waals surface area contributed by atoms with Crippen LogP contribution in [0.4, 0.5) is 11.6 Å². The molecule has 0 aliphatic heterocycles. The summed E-state index contributed by atoms with van der Waals surface area (Å²) in [6.07, 6.45) is 5.16. The molecule has 5 nitrogen and oxygen atoms in total. The van der Waals surface area contributed by atoms with Crippen LogP contribution in [0.1, 0.15) is 37.9 Å². The minimum absolute atomic E-state index is 0.532. The van der Waals surface area contributed by atoms with Crippen LogP contribution in [0.2, 0.25) is 0 Å². The van der Waals surface area contributed by atoms with Gasteiger partial charge in [0.1, 0.15) is 17.5 Å². The molecule has 0 bridgehead atoms. The van der Waals surface area contributed by atoms with E-state index >= 15 is 0 Å². The van der Waals surface area contributed by atoms with Crippen LogP contribution < -0.4 is 10.6 Å². The van der Waals surface area contributed by atoms with Crippen molar-refractivity contribution in [2.45, 2.75) is 32.1 Å². The predicted octanol–water partition coefficient (Wildman–Crippen LogP) is 1.97. The van der Waals surface area contributed by atoms with Gasteiger partial charge in [0.25, 0.3) is 0 Å². The van der Waals surface area contributed by atoms with E-state index in [4.69, 9.17) is 0 Å². The van der Waals surface area contributed by atoms with Gasteiger partial charge < -0.3 is 10.6 Å². The van der Waals surface area contributed by atoms with Crippen molar-refractivity contribution in [2.24, 2.45) is 0 Å². The summed E-state index contributed by atoms with van der Waals surface area (Å²) in [6.45, 7) is 3.72. The van der Waals surface area contributed by atoms with Crippen molar-refractivity contribution in [3.8, 4) is 0 Å². The van der Waals surface area contributed by atoms with E-state index in [-0.39, 0.29) is 0 Å². The molecule has 1 aliphatic carbocycles. The fourth-order valence-corrected chi connectivity index (χ4v) is 2.14. The molecule has 0 spiro atoms. The van der Waals surface area contributed by atoms with E-state index in [2.05, 4.69) is 27.5 Å². The van der Waals surface area contributed by atoms with Crippen molar-refractivity contribution in [3.05, 3.63) is 11.9 Å². The van der Waals surface area contributed by atoms with Crippen molar-refractivity contribution in [3.63, 3.8) is 0 Å². The second-order valence-corrected chi connectivity index (χ2v) is 6.46. The molecule has 1 aliphatic rings. The Bertz CT molecular complexity index is 448. The van der Waals surface area contributed by atoms with Gasteiger partial charge in [-0.05, 0) is 19.3 Å². The molecule has 0 radical (unpaired) electrons. The molecule has 19 heavy (non-hydrogen) atoms. The number of rotatable bonds is 8. The van der Waals surface area contributed by atoms with Crippen LogP contribution in [0.25, 0.3) is 0 Å². The number of nitrogens with one attached hydrogen (secondary N) is 2. The molecule has 1 fully saturated rings. The van der Waals surface area contributed by atoms with Gasteiger partial charge in [-0.3, -0.25) is 4.21 Å². The molecular weight excluding hydrogens is 260 g/mol. The Morgan fingerprint density at radius 3 is 2.42 bits per heavy atom. The lowest BCUT2D eigenvalue weighted by Crippen LogP contribution is -2.13. The van der Waals surface area contributed by atoms with Crippen molar-refractivity contribution in [2.75, 3.05) is 35.7 Å². The van der Waals surface area contributed by atoms with Gasteiger partial charge in [-0.1, -0.05) is 6.92 Å². The maximum atomic E-state index is 11.1. The monoisotopic (exact) mass is 282 g/mol. The zero-order valence-corrected chi connectivity index (χ0v) is 12.4. The van der Waals surface area contributed by atoms with E-state index in [1.165, 1.54) is 12.8 Å². The van der Waals surface area contributed by atoms with Gasteiger partial charge in [-0.25, -0.2) is 9.97 Å². The van der Waals surface area contributed by atoms with E-state index < -0.39 is 10.8 Å². The number of nitrogens with zero attached hydrogens (tertiary/aromatic N) is 2. The third kappa shape index (κ3) is 4.78. The second-order valence-electron chi connectivity index (χ2n) is 4.90. The first-order valence-corrected chi connectivity index (χ1v) is 8.58. The van der Waals surface area contributed by atoms with E-state index in [0.717, 1.165) is 30.4 Å². The molecular formula is C13H22N4OS. The third-order valence-corrected chi connectivity index (χ3v) is 3.72. The van der Waals surface area contributed by atoms with Gasteiger partial charge in [0.2, 0.25) is 0 Å². The molecule has 106 valence electrons. The van der Waals surface area contributed by atoms with Gasteiger partial charge in [-0.2, -0.15) is 0 Å². The van der Waals surface area contributed by atoms with Crippen LogP contribution >= 0.6 is 0 Å². The Labute approximate surface area is 117 Å². The highest BCUT2D eigenvalue weighted by Gasteiger charge is 2.27. The van der Waals surface area contributed by atoms with E-state index in [1.807, 2.05) is 6.07 Å². The van der Waals surface area contributed by atoms with Gasteiger partial charge in [0.15, 0.2) is 0 Å². The lowest BCUT2D eigenvalue weighted by atomic mass is 10.3. The largest absolute Gasteiger partial charge is 0.370 e. The summed E-state index contributed by atoms with van der Waals surface area (Å²) < 4.78 is 11.1. The van der Waals surface area contributed by atoms with E-state index in [9.17, 15) is 4.21 Å². The molecule has 0 aromatic carbocycles. The molecule has 1 aromatic rings. The molecule has 2 rings (SSSR count). The topological polar surface area (TPSA) is 66.9 Å². The number of hydrogen-bond donors (Lipinski definition) is 2. The highest BCUT2D eigenvalue weighted by atomic mass is 32.2. The Balaban J connectivity index is 2.02. The predicted molar refractivity (Wildman–Crippen MR) is 80.2 cm³/mol. The minimum atomic E-state index is -0.773. The van der Waals surface area contributed by atoms with Crippen LogP contribution in [0, 0.1) is 0 Å². The minimum Gasteiger partial charge on any atom is -0.370 e. The normalized spacial score (nSPS) is 16.1. The summed E-state index contributed by atoms with van der Waals surface area (Å²) >= 11 is 0. The fraction of sp³-hybridized carbons (Fsp3) is 0.692. The van der Waals surface area contributed by atoms with Crippen molar-refractivity contribution in [1.82, 2.24) is 9.97 Å². The zero-order chi connectivity index (χ0) is 13.7. The number of anilines is 2. The van der Waals surface area contributed by atoms with Crippen LogP contribution in [0.15, 0.2) is 6.07 Å². The Hall–Kier alpha value is -1.17. The van der Waals surface area contributed by atoms with E-state index in [0.29, 0.717) is 18.2 Å². The van der Waals surface area contributed by atoms with Crippen LogP contribution in [0.3, 0.4) is 0 Å². The lowest BCUT2D eigenvalue weighted by molar-refractivity contribution is 0.687. The quantitative estimate of drug-likeness (QED) is 0.763. The summed E-state index contributed by atoms with van der Waals surface area (Å²) in [4.78, 5) is 9.09. The van der Waals surface area contributed by atoms with Crippen molar-refractivity contribution >= 4 is 22.4 Å². The first-order valence-electron chi connectivity index (χ1n) is 6.85. The molecule has 1 atom stereocenters. The summed E-state index contributed by atoms with van der Waals surface area (Å²) in [5.41, 5.74) is 0. The molecule has 1 saturated carbocycles. The smallest absolute Gasteiger partial charge is 0.136 e. The van der Waals surface area contributed by atoms with Crippen molar-refractivity contribution in [1.29, 1.82) is 0 Å². The molecule has 6 heteroatoms. The Kier molecular flexibility index (Phi) is 5.13. The Morgan fingerprint density at radius 2 is 1.89 bits per heavy atom. The van der Waals surface area contributed by atoms with Crippen molar-refractivity contribution < 1.29 is 4.21 Å². The van der Waals surface area contributed by atoms with Gasteiger partial charge in [-0.15, -0.1) is 0 Å². The SMILES string of the molecule is CCCNc1cc(NCCS(C)=O)nc(C2CC2)n1.